The van der Waals surface area contributed by atoms with E-state index in [1.807, 2.05) is 0 Å². The van der Waals surface area contributed by atoms with Gasteiger partial charge in [0.25, 0.3) is 0 Å². The maximum Gasteiger partial charge on any atom is 0.217 e. The van der Waals surface area contributed by atoms with Crippen LogP contribution in [0.5, 0.6) is 11.8 Å². The smallest absolute Gasteiger partial charge is 0.217 e. The molecule has 1 fully saturated rings. The first kappa shape index (κ1) is 13.1. The van der Waals surface area contributed by atoms with Gasteiger partial charge in [0.05, 0.1) is 6.07 Å². The van der Waals surface area contributed by atoms with Crippen LogP contribution in [-0.4, -0.2) is 20.2 Å². The van der Waals surface area contributed by atoms with E-state index in [1.54, 1.807) is 0 Å². The normalized spacial score (nSPS) is 19.6. The zero-order valence-electron chi connectivity index (χ0n) is 10.8. The van der Waals surface area contributed by atoms with E-state index >= 15 is 0 Å². The summed E-state index contributed by atoms with van der Waals surface area (Å²) in [5.41, 5.74) is 0. The fraction of sp³-hybridized carbons (Fsp3) is 0.714. The Morgan fingerprint density at radius 2 is 1.22 bits per heavy atom. The van der Waals surface area contributed by atoms with Crippen LogP contribution >= 0.6 is 0 Å². The van der Waals surface area contributed by atoms with E-state index in [1.165, 1.54) is 51.0 Å². The number of hydrogen-bond donors (Lipinski definition) is 2. The highest BCUT2D eigenvalue weighted by Crippen LogP contribution is 2.29. The Morgan fingerprint density at radius 1 is 0.778 bits per heavy atom. The van der Waals surface area contributed by atoms with Crippen molar-refractivity contribution >= 4 is 0 Å². The summed E-state index contributed by atoms with van der Waals surface area (Å²) in [6.07, 6.45) is 11.0. The van der Waals surface area contributed by atoms with Crippen molar-refractivity contribution in [2.45, 2.75) is 63.7 Å². The number of hydrogen-bond acceptors (Lipinski definition) is 4. The Kier molecular flexibility index (Phi) is 4.79. The molecule has 1 saturated carbocycles. The van der Waals surface area contributed by atoms with Gasteiger partial charge < -0.3 is 10.2 Å². The van der Waals surface area contributed by atoms with Crippen molar-refractivity contribution in [3.63, 3.8) is 0 Å². The Hall–Kier alpha value is -1.32. The van der Waals surface area contributed by atoms with Crippen LogP contribution in [0.3, 0.4) is 0 Å². The molecule has 0 amide bonds. The lowest BCUT2D eigenvalue weighted by Crippen LogP contribution is -2.06. The second kappa shape index (κ2) is 6.57. The van der Waals surface area contributed by atoms with E-state index in [4.69, 9.17) is 0 Å². The second-order valence-electron chi connectivity index (χ2n) is 5.19. The molecule has 0 atom stereocenters. The molecule has 0 unspecified atom stereocenters. The highest BCUT2D eigenvalue weighted by molar-refractivity contribution is 5.19. The van der Waals surface area contributed by atoms with Crippen molar-refractivity contribution in [1.82, 2.24) is 9.97 Å². The lowest BCUT2D eigenvalue weighted by Gasteiger charge is -2.17. The van der Waals surface area contributed by atoms with Crippen molar-refractivity contribution in [2.24, 2.45) is 0 Å². The summed E-state index contributed by atoms with van der Waals surface area (Å²) >= 11 is 0. The quantitative estimate of drug-likeness (QED) is 0.800. The molecular formula is C14H22N2O2. The molecule has 0 aliphatic heterocycles. The zero-order chi connectivity index (χ0) is 12.8. The molecule has 0 aromatic carbocycles. The van der Waals surface area contributed by atoms with E-state index < -0.39 is 0 Å². The number of aromatic nitrogens is 2. The fourth-order valence-electron chi connectivity index (χ4n) is 2.69. The lowest BCUT2D eigenvalue weighted by atomic mass is 9.91. The highest BCUT2D eigenvalue weighted by atomic mass is 16.3. The number of rotatable bonds is 1. The first-order valence-electron chi connectivity index (χ1n) is 7.02. The molecule has 0 radical (unpaired) electrons. The SMILES string of the molecule is Oc1cc(O)nc(C2CCCCCCCCC2)n1. The fourth-order valence-corrected chi connectivity index (χ4v) is 2.69. The van der Waals surface area contributed by atoms with Crippen LogP contribution in [0.4, 0.5) is 0 Å². The van der Waals surface area contributed by atoms with Gasteiger partial charge in [0.2, 0.25) is 11.8 Å². The van der Waals surface area contributed by atoms with Crippen LogP contribution in [0.15, 0.2) is 6.07 Å². The van der Waals surface area contributed by atoms with E-state index in [0.717, 1.165) is 12.8 Å². The van der Waals surface area contributed by atoms with Gasteiger partial charge >= 0.3 is 0 Å². The Labute approximate surface area is 108 Å². The molecule has 18 heavy (non-hydrogen) atoms. The van der Waals surface area contributed by atoms with Gasteiger partial charge in [0.1, 0.15) is 5.82 Å². The van der Waals surface area contributed by atoms with Crippen molar-refractivity contribution in [2.75, 3.05) is 0 Å². The molecule has 0 bridgehead atoms. The largest absolute Gasteiger partial charge is 0.493 e. The van der Waals surface area contributed by atoms with Gasteiger partial charge in [-0.05, 0) is 12.8 Å². The molecule has 1 heterocycles. The Bertz CT molecular complexity index is 352. The van der Waals surface area contributed by atoms with E-state index in [0.29, 0.717) is 5.82 Å². The van der Waals surface area contributed by atoms with E-state index in [9.17, 15) is 10.2 Å². The summed E-state index contributed by atoms with van der Waals surface area (Å²) in [6.45, 7) is 0. The Balaban J connectivity index is 2.06. The predicted octanol–water partition coefficient (Wildman–Crippen LogP) is 3.50. The van der Waals surface area contributed by atoms with Crippen LogP contribution < -0.4 is 0 Å². The molecule has 1 aliphatic carbocycles. The molecule has 1 aliphatic rings. The van der Waals surface area contributed by atoms with Gasteiger partial charge in [-0.15, -0.1) is 0 Å². The third kappa shape index (κ3) is 3.86. The van der Waals surface area contributed by atoms with Crippen LogP contribution in [0.25, 0.3) is 0 Å². The molecule has 1 aromatic heterocycles. The molecule has 4 heteroatoms. The first-order chi connectivity index (χ1) is 8.75. The van der Waals surface area contributed by atoms with Crippen LogP contribution in [0, 0.1) is 0 Å². The number of nitrogens with zero attached hydrogens (tertiary/aromatic N) is 2. The average molecular weight is 250 g/mol. The summed E-state index contributed by atoms with van der Waals surface area (Å²) in [5, 5.41) is 18.9. The highest BCUT2D eigenvalue weighted by Gasteiger charge is 2.17. The van der Waals surface area contributed by atoms with Crippen LogP contribution in [-0.2, 0) is 0 Å². The third-order valence-corrected chi connectivity index (χ3v) is 3.69. The molecule has 2 N–H and O–H groups in total. The van der Waals surface area contributed by atoms with Gasteiger partial charge in [-0.2, -0.15) is 9.97 Å². The van der Waals surface area contributed by atoms with Crippen LogP contribution in [0.2, 0.25) is 0 Å². The molecule has 4 nitrogen and oxygen atoms in total. The van der Waals surface area contributed by atoms with E-state index in [-0.39, 0.29) is 17.7 Å². The topological polar surface area (TPSA) is 66.2 Å². The summed E-state index contributed by atoms with van der Waals surface area (Å²) in [5.74, 6) is 0.623. The second-order valence-corrected chi connectivity index (χ2v) is 5.19. The lowest BCUT2D eigenvalue weighted by molar-refractivity contribution is 0.398. The van der Waals surface area contributed by atoms with Crippen molar-refractivity contribution < 1.29 is 10.2 Å². The van der Waals surface area contributed by atoms with Crippen LogP contribution in [0.1, 0.15) is 69.5 Å². The van der Waals surface area contributed by atoms with Gasteiger partial charge in [0, 0.05) is 5.92 Å². The molecule has 0 saturated heterocycles. The minimum Gasteiger partial charge on any atom is -0.493 e. The van der Waals surface area contributed by atoms with Crippen molar-refractivity contribution in [1.29, 1.82) is 0 Å². The average Bonchev–Trinajstić information content (AvgIpc) is 2.34. The summed E-state index contributed by atoms with van der Waals surface area (Å²) in [6, 6.07) is 1.18. The minimum atomic E-state index is -0.130. The van der Waals surface area contributed by atoms with Crippen molar-refractivity contribution in [3.05, 3.63) is 11.9 Å². The molecule has 1 aromatic rings. The predicted molar refractivity (Wildman–Crippen MR) is 69.7 cm³/mol. The van der Waals surface area contributed by atoms with Crippen molar-refractivity contribution in [3.8, 4) is 11.8 Å². The van der Waals surface area contributed by atoms with Gasteiger partial charge in [-0.25, -0.2) is 0 Å². The van der Waals surface area contributed by atoms with Gasteiger partial charge in [0.15, 0.2) is 0 Å². The monoisotopic (exact) mass is 250 g/mol. The van der Waals surface area contributed by atoms with Gasteiger partial charge in [-0.3, -0.25) is 0 Å². The van der Waals surface area contributed by atoms with E-state index in [2.05, 4.69) is 9.97 Å². The maximum atomic E-state index is 9.44. The zero-order valence-corrected chi connectivity index (χ0v) is 10.8. The summed E-state index contributed by atoms with van der Waals surface area (Å²) < 4.78 is 0. The Morgan fingerprint density at radius 3 is 1.72 bits per heavy atom. The third-order valence-electron chi connectivity index (χ3n) is 3.69. The molecular weight excluding hydrogens is 228 g/mol. The molecule has 100 valence electrons. The molecule has 2 rings (SSSR count). The standard InChI is InChI=1S/C14H22N2O2/c17-12-10-13(18)16-14(15-12)11-8-6-4-2-1-3-5-7-9-11/h10-11H,1-9H2,(H2,15,16,17,18). The first-order valence-corrected chi connectivity index (χ1v) is 7.02. The number of aromatic hydroxyl groups is 2. The minimum absolute atomic E-state index is 0.130. The maximum absolute atomic E-state index is 9.44. The van der Waals surface area contributed by atoms with Gasteiger partial charge in [-0.1, -0.05) is 44.9 Å². The summed E-state index contributed by atoms with van der Waals surface area (Å²) in [7, 11) is 0. The molecule has 0 spiro atoms. The summed E-state index contributed by atoms with van der Waals surface area (Å²) in [4.78, 5) is 8.14.